The van der Waals surface area contributed by atoms with Crippen LogP contribution in [-0.2, 0) is 4.79 Å². The van der Waals surface area contributed by atoms with E-state index in [2.05, 4.69) is 10.4 Å². The molecule has 19 heavy (non-hydrogen) atoms. The van der Waals surface area contributed by atoms with Crippen molar-refractivity contribution < 1.29 is 4.79 Å². The van der Waals surface area contributed by atoms with Crippen molar-refractivity contribution in [1.29, 1.82) is 0 Å². The molecule has 1 heterocycles. The van der Waals surface area contributed by atoms with E-state index in [0.29, 0.717) is 5.02 Å². The second-order valence-electron chi connectivity index (χ2n) is 4.58. The number of carbonyl (C=O) groups excluding carboxylic acids is 1. The molecule has 1 unspecified atom stereocenters. The van der Waals surface area contributed by atoms with Gasteiger partial charge in [0.2, 0.25) is 5.91 Å². The van der Waals surface area contributed by atoms with Gasteiger partial charge in [-0.15, -0.1) is 0 Å². The summed E-state index contributed by atoms with van der Waals surface area (Å²) in [7, 11) is 0. The van der Waals surface area contributed by atoms with Crippen molar-refractivity contribution in [3.63, 3.8) is 0 Å². The number of rotatable bonds is 3. The van der Waals surface area contributed by atoms with Gasteiger partial charge in [-0.25, -0.2) is 0 Å². The van der Waals surface area contributed by atoms with Crippen LogP contribution in [0.3, 0.4) is 0 Å². The zero-order valence-electron chi connectivity index (χ0n) is 11.1. The molecule has 1 aromatic heterocycles. The molecule has 1 N–H and O–H groups in total. The summed E-state index contributed by atoms with van der Waals surface area (Å²) in [4.78, 5) is 12.2. The quantitative estimate of drug-likeness (QED) is 0.935. The molecule has 0 bridgehead atoms. The lowest BCUT2D eigenvalue weighted by molar-refractivity contribution is -0.119. The van der Waals surface area contributed by atoms with Gasteiger partial charge in [0.05, 0.1) is 6.20 Å². The van der Waals surface area contributed by atoms with E-state index in [1.807, 2.05) is 39.1 Å². The average Bonchev–Trinajstić information content (AvgIpc) is 2.80. The summed E-state index contributed by atoms with van der Waals surface area (Å²) < 4.78 is 1.64. The molecule has 4 nitrogen and oxygen atoms in total. The minimum Gasteiger partial charge on any atom is -0.324 e. The topological polar surface area (TPSA) is 46.9 Å². The van der Waals surface area contributed by atoms with Crippen LogP contribution in [0.25, 0.3) is 0 Å². The molecular formula is C14H16ClN3O. The maximum atomic E-state index is 12.2. The number of carbonyl (C=O) groups is 1. The summed E-state index contributed by atoms with van der Waals surface area (Å²) in [6.07, 6.45) is 3.57. The van der Waals surface area contributed by atoms with E-state index < -0.39 is 0 Å². The van der Waals surface area contributed by atoms with E-state index >= 15 is 0 Å². The van der Waals surface area contributed by atoms with E-state index in [9.17, 15) is 4.79 Å². The van der Waals surface area contributed by atoms with Gasteiger partial charge in [-0.3, -0.25) is 9.48 Å². The van der Waals surface area contributed by atoms with E-state index in [1.54, 1.807) is 16.9 Å². The molecule has 100 valence electrons. The molecular weight excluding hydrogens is 262 g/mol. The molecule has 0 saturated carbocycles. The summed E-state index contributed by atoms with van der Waals surface area (Å²) in [6.45, 7) is 5.62. The number of anilines is 1. The van der Waals surface area contributed by atoms with E-state index in [-0.39, 0.29) is 11.9 Å². The van der Waals surface area contributed by atoms with Gasteiger partial charge in [-0.2, -0.15) is 5.10 Å². The monoisotopic (exact) mass is 277 g/mol. The van der Waals surface area contributed by atoms with Crippen LogP contribution in [-0.4, -0.2) is 15.7 Å². The van der Waals surface area contributed by atoms with Crippen LogP contribution in [0.4, 0.5) is 5.69 Å². The molecule has 0 saturated heterocycles. The zero-order chi connectivity index (χ0) is 14.0. The maximum absolute atomic E-state index is 12.2. The predicted octanol–water partition coefficient (Wildman–Crippen LogP) is 3.35. The van der Waals surface area contributed by atoms with Crippen molar-refractivity contribution in [1.82, 2.24) is 9.78 Å². The van der Waals surface area contributed by atoms with Gasteiger partial charge in [-0.1, -0.05) is 17.7 Å². The highest BCUT2D eigenvalue weighted by Crippen LogP contribution is 2.23. The molecule has 0 aliphatic carbocycles. The highest BCUT2D eigenvalue weighted by atomic mass is 35.5. The standard InChI is InChI=1S/C14H16ClN3O/c1-9-7-16-18(8-9)11(3)14(19)17-13-6-4-5-12(15)10(13)2/h4-8,11H,1-3H3,(H,17,19). The number of nitrogens with one attached hydrogen (secondary N) is 1. The summed E-state index contributed by atoms with van der Waals surface area (Å²) >= 11 is 6.03. The third-order valence-corrected chi connectivity index (χ3v) is 3.44. The lowest BCUT2D eigenvalue weighted by Gasteiger charge is -2.14. The van der Waals surface area contributed by atoms with Crippen molar-refractivity contribution in [3.05, 3.63) is 46.7 Å². The molecule has 0 radical (unpaired) electrons. The Morgan fingerprint density at radius 2 is 2.16 bits per heavy atom. The van der Waals surface area contributed by atoms with Crippen LogP contribution >= 0.6 is 11.6 Å². The number of hydrogen-bond donors (Lipinski definition) is 1. The van der Waals surface area contributed by atoms with Gasteiger partial charge in [0.1, 0.15) is 6.04 Å². The van der Waals surface area contributed by atoms with Crippen molar-refractivity contribution in [2.24, 2.45) is 0 Å². The second kappa shape index (κ2) is 5.45. The van der Waals surface area contributed by atoms with Gasteiger partial charge in [0.25, 0.3) is 0 Å². The van der Waals surface area contributed by atoms with Crippen LogP contribution in [0.15, 0.2) is 30.6 Å². The SMILES string of the molecule is Cc1cnn(C(C)C(=O)Nc2cccc(Cl)c2C)c1. The number of aromatic nitrogens is 2. The molecule has 1 amide bonds. The first-order valence-corrected chi connectivity index (χ1v) is 6.43. The predicted molar refractivity (Wildman–Crippen MR) is 76.5 cm³/mol. The number of aryl methyl sites for hydroxylation is 1. The highest BCUT2D eigenvalue weighted by molar-refractivity contribution is 6.31. The van der Waals surface area contributed by atoms with Crippen LogP contribution in [0, 0.1) is 13.8 Å². The highest BCUT2D eigenvalue weighted by Gasteiger charge is 2.16. The smallest absolute Gasteiger partial charge is 0.248 e. The Morgan fingerprint density at radius 1 is 1.42 bits per heavy atom. The summed E-state index contributed by atoms with van der Waals surface area (Å²) in [5.74, 6) is -0.117. The number of benzene rings is 1. The van der Waals surface area contributed by atoms with Crippen LogP contribution in [0.1, 0.15) is 24.1 Å². The van der Waals surface area contributed by atoms with Crippen LogP contribution in [0.2, 0.25) is 5.02 Å². The fourth-order valence-corrected chi connectivity index (χ4v) is 1.92. The molecule has 0 fully saturated rings. The first-order chi connectivity index (χ1) is 8.99. The van der Waals surface area contributed by atoms with Crippen molar-refractivity contribution in [2.45, 2.75) is 26.8 Å². The molecule has 0 aliphatic rings. The van der Waals surface area contributed by atoms with Gasteiger partial charge in [-0.05, 0) is 44.0 Å². The third-order valence-electron chi connectivity index (χ3n) is 3.03. The van der Waals surface area contributed by atoms with Crippen molar-refractivity contribution in [2.75, 3.05) is 5.32 Å². The minimum atomic E-state index is -0.368. The van der Waals surface area contributed by atoms with Gasteiger partial charge in [0.15, 0.2) is 0 Å². The average molecular weight is 278 g/mol. The van der Waals surface area contributed by atoms with Gasteiger partial charge in [0, 0.05) is 16.9 Å². The third kappa shape index (κ3) is 2.96. The molecule has 2 aromatic rings. The van der Waals surface area contributed by atoms with Crippen LogP contribution < -0.4 is 5.32 Å². The molecule has 0 aliphatic heterocycles. The molecule has 1 aromatic carbocycles. The largest absolute Gasteiger partial charge is 0.324 e. The Balaban J connectivity index is 2.15. The Kier molecular flexibility index (Phi) is 3.90. The normalized spacial score (nSPS) is 12.2. The zero-order valence-corrected chi connectivity index (χ0v) is 11.9. The number of hydrogen-bond acceptors (Lipinski definition) is 2. The first-order valence-electron chi connectivity index (χ1n) is 6.06. The van der Waals surface area contributed by atoms with Gasteiger partial charge >= 0.3 is 0 Å². The number of amides is 1. The number of halogens is 1. The Hall–Kier alpha value is -1.81. The first kappa shape index (κ1) is 13.6. The Morgan fingerprint density at radius 3 is 2.79 bits per heavy atom. The molecule has 5 heteroatoms. The van der Waals surface area contributed by atoms with Crippen molar-refractivity contribution in [3.8, 4) is 0 Å². The molecule has 1 atom stereocenters. The van der Waals surface area contributed by atoms with E-state index in [4.69, 9.17) is 11.6 Å². The summed E-state index contributed by atoms with van der Waals surface area (Å²) in [5, 5.41) is 7.66. The minimum absolute atomic E-state index is 0.117. The fraction of sp³-hybridized carbons (Fsp3) is 0.286. The van der Waals surface area contributed by atoms with E-state index in [1.165, 1.54) is 0 Å². The van der Waals surface area contributed by atoms with Crippen molar-refractivity contribution >= 4 is 23.2 Å². The molecule has 2 rings (SSSR count). The Labute approximate surface area is 117 Å². The fourth-order valence-electron chi connectivity index (χ4n) is 1.75. The maximum Gasteiger partial charge on any atom is 0.248 e. The summed E-state index contributed by atoms with van der Waals surface area (Å²) in [6, 6.07) is 5.08. The lowest BCUT2D eigenvalue weighted by atomic mass is 10.2. The van der Waals surface area contributed by atoms with E-state index in [0.717, 1.165) is 16.8 Å². The number of nitrogens with zero attached hydrogens (tertiary/aromatic N) is 2. The summed E-state index contributed by atoms with van der Waals surface area (Å²) in [5.41, 5.74) is 2.62. The lowest BCUT2D eigenvalue weighted by Crippen LogP contribution is -2.24. The Bertz CT molecular complexity index is 606. The second-order valence-corrected chi connectivity index (χ2v) is 4.98. The van der Waals surface area contributed by atoms with Crippen LogP contribution in [0.5, 0.6) is 0 Å². The molecule has 0 spiro atoms. The van der Waals surface area contributed by atoms with Gasteiger partial charge < -0.3 is 5.32 Å².